The van der Waals surface area contributed by atoms with Gasteiger partial charge in [0.05, 0.1) is 67.5 Å². The predicted octanol–water partition coefficient (Wildman–Crippen LogP) is 3.06. The minimum Gasteiger partial charge on any atom is -0.388 e. The molecule has 6 aliphatic rings. The summed E-state index contributed by atoms with van der Waals surface area (Å²) in [5.41, 5.74) is 20.5. The van der Waals surface area contributed by atoms with Crippen molar-refractivity contribution in [2.24, 2.45) is 41.4 Å². The molecule has 59 heteroatoms. The van der Waals surface area contributed by atoms with E-state index in [1.807, 2.05) is 20.8 Å². The van der Waals surface area contributed by atoms with Crippen LogP contribution in [-0.2, 0) is 95.9 Å². The molecule has 15 heterocycles. The van der Waals surface area contributed by atoms with Crippen LogP contribution in [0, 0.1) is 41.4 Å². The fourth-order valence-electron chi connectivity index (χ4n) is 14.7. The summed E-state index contributed by atoms with van der Waals surface area (Å²) in [4.78, 5) is 133. The standard InChI is InChI=1S/C25H34N6O10P2.C23H30N6O12P2.C22H28N6O13P2/c1-13-14(2)23(30-8-6-7-18(9-30)17(5)32)38-19(13)10-37-42(33,34)41-43(35,36)40-25-16(4)15(3)24(39-25)31-12-29-20-21(26)27-11-28-22(20)31;1-11-12(2)23(39-21(11)29-10-27-16-19(24)25-9-26-20(16)29)40-43(35,36)41-42(33,34)37-8-15-17(31)18(32)22(38-15)28-6-4-5-14(7-28)13(3)30;1-10-15(30)21(28-9-26-14-18(23)24-8-25-19(14)28)39-22(10)40-43(35,36)41-42(33,34)37-7-13-16(31)17(32)20(38-13)27-5-3-4-12(6-27)11(2)29/h6-9,11-16,19,23-25H,10H2,1-5H3,(H3-,26,27,28,33,34,35,36);4-7,9-12,15,17-18,21-23,31-32H,8H2,1-3H3,(H3-,24,25,26,33,34,35,36);3-6,8-10,13,15-17,20-22,30-32H,7H2,1-2H3,(H3-,23,24,25,33,34,35,36)/p+3. The largest absolute Gasteiger partial charge is 0.483 e. The number of carbonyl (C=O) groups excluding carboxylic acids is 3. The first kappa shape index (κ1) is 98.4. The van der Waals surface area contributed by atoms with E-state index < -0.39 is 190 Å². The van der Waals surface area contributed by atoms with Crippen LogP contribution in [0.1, 0.15) is 138 Å². The molecule has 6 saturated heterocycles. The average Bonchev–Trinajstić information content (AvgIpc) is 1.62. The Morgan fingerprint density at radius 1 is 0.372 bits per heavy atom. The lowest BCUT2D eigenvalue weighted by molar-refractivity contribution is -0.766. The number of pyridine rings is 3. The molecule has 6 fully saturated rings. The van der Waals surface area contributed by atoms with Crippen LogP contribution in [0.5, 0.6) is 0 Å². The molecule has 30 atom stereocenters. The topological polar surface area (TPSA) is 735 Å². The van der Waals surface area contributed by atoms with Gasteiger partial charge in [-0.05, 0) is 44.9 Å². The van der Waals surface area contributed by atoms with Gasteiger partial charge in [0.25, 0.3) is 18.7 Å². The van der Waals surface area contributed by atoms with Crippen molar-refractivity contribution in [2.45, 2.75) is 174 Å². The van der Waals surface area contributed by atoms with E-state index in [9.17, 15) is 96.7 Å². The lowest BCUT2D eigenvalue weighted by Crippen LogP contribution is -2.46. The lowest BCUT2D eigenvalue weighted by Gasteiger charge is -2.22. The second-order valence-corrected chi connectivity index (χ2v) is 40.1. The van der Waals surface area contributed by atoms with Gasteiger partial charge in [-0.3, -0.25) is 55.2 Å². The maximum Gasteiger partial charge on any atom is 0.483 e. The Labute approximate surface area is 730 Å². The number of carbonyl (C=O) groups is 3. The normalized spacial score (nSPS) is 32.1. The molecule has 0 aromatic carbocycles. The summed E-state index contributed by atoms with van der Waals surface area (Å²) in [5, 5.41) is 52.4. The fourth-order valence-corrected chi connectivity index (χ4v) is 21.4. The molecule has 30 unspecified atom stereocenters. The van der Waals surface area contributed by atoms with E-state index in [0.29, 0.717) is 39.0 Å². The number of hydrogen-bond donors (Lipinski definition) is 14. The van der Waals surface area contributed by atoms with Gasteiger partial charge >= 0.3 is 46.9 Å². The maximum atomic E-state index is 12.8. The Morgan fingerprint density at radius 2 is 0.674 bits per heavy atom. The van der Waals surface area contributed by atoms with Crippen LogP contribution in [0.2, 0.25) is 0 Å². The molecule has 0 saturated carbocycles. The number of aromatic nitrogens is 15. The van der Waals surface area contributed by atoms with Gasteiger partial charge < -0.3 is 101 Å². The molecule has 17 N–H and O–H groups in total. The molecule has 9 aromatic heterocycles. The quantitative estimate of drug-likeness (QED) is 0.0175. The minimum atomic E-state index is -5.38. The molecule has 0 spiro atoms. The zero-order valence-corrected chi connectivity index (χ0v) is 75.1. The van der Waals surface area contributed by atoms with Crippen molar-refractivity contribution in [2.75, 3.05) is 37.0 Å². The maximum absolute atomic E-state index is 12.8. The van der Waals surface area contributed by atoms with Crippen LogP contribution in [0.3, 0.4) is 0 Å². The number of nitrogens with zero attached hydrogens (tertiary/aromatic N) is 15. The van der Waals surface area contributed by atoms with Crippen LogP contribution in [0.4, 0.5) is 17.5 Å². The van der Waals surface area contributed by atoms with Gasteiger partial charge in [0.1, 0.15) is 78.5 Å². The highest BCUT2D eigenvalue weighted by Crippen LogP contribution is 2.65. The zero-order valence-electron chi connectivity index (χ0n) is 69.7. The number of phosphoric acid groups is 6. The van der Waals surface area contributed by atoms with Gasteiger partial charge in [-0.25, -0.2) is 72.2 Å². The second kappa shape index (κ2) is 39.2. The number of nitrogen functional groups attached to an aromatic ring is 3. The Hall–Kier alpha value is -8.15. The van der Waals surface area contributed by atoms with Crippen LogP contribution in [0.15, 0.2) is 112 Å². The summed E-state index contributed by atoms with van der Waals surface area (Å²) in [6.07, 6.45) is -3.59. The van der Waals surface area contributed by atoms with Gasteiger partial charge in [0.15, 0.2) is 126 Å². The predicted molar refractivity (Wildman–Crippen MR) is 430 cm³/mol. The number of aliphatic hydroxyl groups excluding tert-OH is 5. The van der Waals surface area contributed by atoms with E-state index in [0.717, 1.165) is 0 Å². The number of Topliss-reactive ketones (excluding diaryl/α,β-unsaturated/α-hetero) is 3. The number of ether oxygens (including phenoxy) is 6. The first-order chi connectivity index (χ1) is 60.5. The molecule has 53 nitrogen and oxygen atoms in total. The van der Waals surface area contributed by atoms with Crippen LogP contribution in [0.25, 0.3) is 33.5 Å². The van der Waals surface area contributed by atoms with Gasteiger partial charge in [-0.1, -0.05) is 48.5 Å². The van der Waals surface area contributed by atoms with Gasteiger partial charge in [-0.15, -0.1) is 0 Å². The van der Waals surface area contributed by atoms with Crippen LogP contribution in [-0.4, -0.2) is 218 Å². The Kier molecular flexibility index (Phi) is 29.9. The molecule has 15 rings (SSSR count). The summed E-state index contributed by atoms with van der Waals surface area (Å²) >= 11 is 0. The number of ketones is 3. The summed E-state index contributed by atoms with van der Waals surface area (Å²) in [6, 6.07) is 9.58. The third kappa shape index (κ3) is 22.2. The Balaban J connectivity index is 0.000000165. The SMILES string of the molecule is CC(=O)c1ccc[n+](C2OC(COP(=O)(O)OP(=O)(O)OC3OC(n4cnc5c(N)ncnc54)C(C)C3C)C(C)C2C)c1.CC(=O)c1ccc[n+](C2OC(COP(=O)(O)OP(=O)(O)OC3OC(n4cnc5c(N)ncnc54)C(C)C3C)C(O)C2O)c1.CC(=O)c1ccc[n+](C2OC(COP(=O)(O)OP(=O)(O)OC3OC(n4cnc5c(N)ncnc54)C(O)C3C)C(O)C2O)c1. The highest BCUT2D eigenvalue weighted by Gasteiger charge is 2.56. The van der Waals surface area contributed by atoms with Crippen molar-refractivity contribution in [3.8, 4) is 0 Å². The number of hydrogen-bond acceptors (Lipinski definition) is 41. The van der Waals surface area contributed by atoms with E-state index in [4.69, 9.17) is 72.8 Å². The smallest absolute Gasteiger partial charge is 0.388 e. The molecule has 0 aliphatic carbocycles. The molecular weight excluding hydrogens is 1840 g/mol. The molecule has 0 amide bonds. The average molecular weight is 1930 g/mol. The molecule has 0 bridgehead atoms. The number of aliphatic hydroxyl groups is 5. The number of imidazole rings is 3. The third-order valence-electron chi connectivity index (χ3n) is 22.4. The van der Waals surface area contributed by atoms with E-state index in [1.165, 1.54) is 122 Å². The monoisotopic (exact) mass is 1930 g/mol. The van der Waals surface area contributed by atoms with Crippen molar-refractivity contribution in [3.05, 3.63) is 128 Å². The molecule has 6 aliphatic heterocycles. The highest BCUT2D eigenvalue weighted by molar-refractivity contribution is 7.62. The highest BCUT2D eigenvalue weighted by atomic mass is 31.3. The van der Waals surface area contributed by atoms with Crippen molar-refractivity contribution >= 4 is 115 Å². The summed E-state index contributed by atoms with van der Waals surface area (Å²) in [7, 11) is -31.5. The van der Waals surface area contributed by atoms with Gasteiger partial charge in [-0.2, -0.15) is 26.6 Å². The van der Waals surface area contributed by atoms with Gasteiger partial charge in [0.2, 0.25) is 0 Å². The second-order valence-electron chi connectivity index (χ2n) is 31.1. The molecule has 0 radical (unpaired) electrons. The number of fused-ring (bicyclic) bond motifs is 3. The molecule has 9 aromatic rings. The summed E-state index contributed by atoms with van der Waals surface area (Å²) < 4.78 is 163. The molecule has 129 heavy (non-hydrogen) atoms. The Bertz CT molecular complexity index is 5380. The first-order valence-electron chi connectivity index (χ1n) is 39.3. The fraction of sp³-hybridized carbons (Fsp3) is 0.529. The summed E-state index contributed by atoms with van der Waals surface area (Å²) in [6.45, 7) is 14.4. The van der Waals surface area contributed by atoms with Crippen molar-refractivity contribution < 1.29 is 179 Å². The van der Waals surface area contributed by atoms with Crippen LogP contribution >= 0.6 is 46.9 Å². The molecular formula is C70H95N18O35P6+3. The third-order valence-corrected chi connectivity index (χ3v) is 30.2. The number of nitrogens with two attached hydrogens (primary N) is 3. The summed E-state index contributed by atoms with van der Waals surface area (Å²) in [5.74, 6) is -2.87. The van der Waals surface area contributed by atoms with E-state index in [1.54, 1.807) is 65.1 Å². The number of anilines is 3. The van der Waals surface area contributed by atoms with E-state index in [2.05, 4.69) is 57.8 Å². The van der Waals surface area contributed by atoms with E-state index in [-0.39, 0.29) is 69.6 Å². The minimum absolute atomic E-state index is 0.0569. The number of rotatable bonds is 30. The van der Waals surface area contributed by atoms with Gasteiger partial charge in [0, 0.05) is 47.8 Å². The number of phosphoric ester groups is 6. The first-order valence-corrected chi connectivity index (χ1v) is 48.3. The van der Waals surface area contributed by atoms with E-state index >= 15 is 0 Å². The Morgan fingerprint density at radius 3 is 1.02 bits per heavy atom. The van der Waals surface area contributed by atoms with Crippen molar-refractivity contribution in [1.29, 1.82) is 0 Å². The molecule has 702 valence electrons. The zero-order chi connectivity index (χ0) is 93.8. The lowest BCUT2D eigenvalue weighted by atomic mass is 9.93. The van der Waals surface area contributed by atoms with Crippen molar-refractivity contribution in [3.63, 3.8) is 0 Å². The van der Waals surface area contributed by atoms with Crippen LogP contribution < -0.4 is 30.9 Å². The van der Waals surface area contributed by atoms with Crippen molar-refractivity contribution in [1.82, 2.24) is 58.6 Å².